The van der Waals surface area contributed by atoms with Crippen molar-refractivity contribution in [2.24, 2.45) is 0 Å². The monoisotopic (exact) mass is 1420 g/mol. The van der Waals surface area contributed by atoms with Crippen molar-refractivity contribution in [2.45, 2.75) is 159 Å². The summed E-state index contributed by atoms with van der Waals surface area (Å²) in [4.78, 5) is 7.84. The van der Waals surface area contributed by atoms with Crippen LogP contribution in [-0.4, -0.2) is 72.6 Å². The van der Waals surface area contributed by atoms with Crippen molar-refractivity contribution >= 4 is 127 Å². The number of benzene rings is 10. The number of nitrogens with zero attached hydrogens (tertiary/aromatic N) is 3. The fourth-order valence-corrected chi connectivity index (χ4v) is 19.9. The standard InChI is InChI=1S/C76H81N3O10S7/c1-73(2,3)45-37-58-69(80)59(38-45)91-61-40-47(75(7,8)9)42-63(71(61)88-95(83,84)67-35-23-26-50-53(67)29-20-32-56(50)78(15)16)93-65-44-48(76(10,11)12)43-64(72(65)89-96(85,86)68-36-24-27-51-54(68)30-21-33-57(51)79(17)18)92-62-41-46(74(4,5)6)39-60(90-58)70(62)87-94(81,82)66-34-22-25-49-52(66)28-19-31-55(49)77(13)14/h19-44,80H,1-18H3. The van der Waals surface area contributed by atoms with Crippen molar-refractivity contribution in [3.63, 3.8) is 0 Å². The van der Waals surface area contributed by atoms with Crippen LogP contribution in [0.3, 0.4) is 0 Å². The van der Waals surface area contributed by atoms with Crippen LogP contribution in [0.2, 0.25) is 0 Å². The zero-order chi connectivity index (χ0) is 69.7. The second-order valence-electron chi connectivity index (χ2n) is 28.8. The highest BCUT2D eigenvalue weighted by molar-refractivity contribution is 8.01. The normalized spacial score (nSPS) is 13.4. The van der Waals surface area contributed by atoms with Gasteiger partial charge in [-0.2, -0.15) is 25.3 Å². The summed E-state index contributed by atoms with van der Waals surface area (Å²) in [6, 6.07) is 46.6. The summed E-state index contributed by atoms with van der Waals surface area (Å²) in [5.41, 5.74) is 3.03. The summed E-state index contributed by atoms with van der Waals surface area (Å²) in [7, 11) is -3.07. The second-order valence-corrected chi connectivity index (χ2v) is 37.7. The molecule has 10 aromatic carbocycles. The minimum atomic E-state index is -4.85. The molecule has 10 aromatic rings. The van der Waals surface area contributed by atoms with Gasteiger partial charge in [-0.05, 0) is 129 Å². The first-order chi connectivity index (χ1) is 44.7. The van der Waals surface area contributed by atoms with Gasteiger partial charge in [0.1, 0.15) is 20.4 Å². The van der Waals surface area contributed by atoms with E-state index in [9.17, 15) is 5.11 Å². The van der Waals surface area contributed by atoms with E-state index in [-0.39, 0.29) is 57.3 Å². The lowest BCUT2D eigenvalue weighted by atomic mass is 9.87. The van der Waals surface area contributed by atoms with Crippen LogP contribution in [0, 0.1) is 0 Å². The van der Waals surface area contributed by atoms with Crippen LogP contribution in [0.25, 0.3) is 32.3 Å². The first-order valence-corrected chi connectivity index (χ1v) is 38.8. The Morgan fingerprint density at radius 1 is 0.302 bits per heavy atom. The van der Waals surface area contributed by atoms with Gasteiger partial charge in [-0.25, -0.2) is 0 Å². The van der Waals surface area contributed by atoms with Crippen LogP contribution in [0.4, 0.5) is 17.1 Å². The Balaban J connectivity index is 1.27. The van der Waals surface area contributed by atoms with Gasteiger partial charge in [-0.1, -0.05) is 203 Å². The van der Waals surface area contributed by atoms with E-state index in [1.807, 2.05) is 204 Å². The maximum atomic E-state index is 15.9. The molecule has 0 radical (unpaired) electrons. The van der Waals surface area contributed by atoms with Crippen LogP contribution in [0.5, 0.6) is 23.0 Å². The van der Waals surface area contributed by atoms with E-state index >= 15 is 25.3 Å². The third kappa shape index (κ3) is 14.0. The minimum absolute atomic E-state index is 0.0814. The number of aromatic hydroxyl groups is 1. The van der Waals surface area contributed by atoms with Crippen molar-refractivity contribution in [2.75, 3.05) is 57.0 Å². The molecular formula is C76H81N3O10S7. The molecule has 0 saturated carbocycles. The van der Waals surface area contributed by atoms with Crippen molar-refractivity contribution < 1.29 is 42.9 Å². The fourth-order valence-electron chi connectivity index (χ4n) is 11.5. The van der Waals surface area contributed by atoms with Crippen molar-refractivity contribution in [3.8, 4) is 23.0 Å². The summed E-state index contributed by atoms with van der Waals surface area (Å²) in [5, 5.41) is 16.5. The van der Waals surface area contributed by atoms with Crippen molar-refractivity contribution in [1.82, 2.24) is 0 Å². The van der Waals surface area contributed by atoms with Gasteiger partial charge in [0.05, 0.1) is 39.2 Å². The van der Waals surface area contributed by atoms with Gasteiger partial charge in [0, 0.05) is 91.7 Å². The van der Waals surface area contributed by atoms with Gasteiger partial charge in [-0.15, -0.1) is 0 Å². The van der Waals surface area contributed by atoms with E-state index in [1.54, 1.807) is 54.6 Å². The highest BCUT2D eigenvalue weighted by Crippen LogP contribution is 2.58. The number of fused-ring (bicyclic) bond motifs is 11. The van der Waals surface area contributed by atoms with E-state index in [0.29, 0.717) is 51.9 Å². The summed E-state index contributed by atoms with van der Waals surface area (Å²) in [6.07, 6.45) is 0. The molecule has 13 nitrogen and oxygen atoms in total. The smallest absolute Gasteiger partial charge is 0.339 e. The molecule has 8 bridgehead atoms. The quantitative estimate of drug-likeness (QED) is 0.115. The highest BCUT2D eigenvalue weighted by atomic mass is 32.2. The number of anilines is 3. The number of hydrogen-bond acceptors (Lipinski definition) is 17. The van der Waals surface area contributed by atoms with Crippen LogP contribution in [-0.2, 0) is 52.0 Å². The fraction of sp³-hybridized carbons (Fsp3) is 0.289. The SMILES string of the molecule is CN(C)c1cccc2c(S(=O)(=O)Oc3c4cc(C(C)(C)C)cc3Sc3cc(C(C)(C)C)cc(c3OS(=O)(=O)c3cccc5c(N(C)C)cccc35)Sc3cc(C(C)(C)C)cc(c3OS(=O)(=O)c3cccc5c(N(C)C)cccc35)Sc3cc(C(C)(C)C)cc(c3O)S4)cccc12. The Morgan fingerprint density at radius 2 is 0.500 bits per heavy atom. The molecule has 0 unspecified atom stereocenters. The molecule has 1 N–H and O–H groups in total. The zero-order valence-electron chi connectivity index (χ0n) is 57.3. The van der Waals surface area contributed by atoms with Crippen molar-refractivity contribution in [3.05, 3.63) is 180 Å². The van der Waals surface area contributed by atoms with E-state index < -0.39 is 52.0 Å². The third-order valence-corrected chi connectivity index (χ3v) is 24.9. The van der Waals surface area contributed by atoms with Crippen molar-refractivity contribution in [1.29, 1.82) is 0 Å². The Morgan fingerprint density at radius 3 is 0.719 bits per heavy atom. The number of phenols is 1. The lowest BCUT2D eigenvalue weighted by Gasteiger charge is -2.28. The zero-order valence-corrected chi connectivity index (χ0v) is 63.0. The molecule has 96 heavy (non-hydrogen) atoms. The van der Waals surface area contributed by atoms with Crippen LogP contribution in [0.15, 0.2) is 212 Å². The Labute approximate surface area is 583 Å². The maximum absolute atomic E-state index is 15.9. The maximum Gasteiger partial charge on any atom is 0.339 e. The van der Waals surface area contributed by atoms with E-state index in [2.05, 4.69) is 20.8 Å². The topological polar surface area (TPSA) is 160 Å². The first-order valence-electron chi connectivity index (χ1n) is 31.3. The predicted octanol–water partition coefficient (Wildman–Crippen LogP) is 19.5. The average molecular weight is 1420 g/mol. The summed E-state index contributed by atoms with van der Waals surface area (Å²) in [5.74, 6) is -0.460. The molecule has 1 aliphatic heterocycles. The summed E-state index contributed by atoms with van der Waals surface area (Å²) in [6.45, 7) is 24.5. The van der Waals surface area contributed by atoms with Gasteiger partial charge in [0.15, 0.2) is 17.2 Å². The lowest BCUT2D eigenvalue weighted by molar-refractivity contribution is 0.446. The molecular weight excluding hydrogens is 1340 g/mol. The molecule has 0 aromatic heterocycles. The number of phenolic OH excluding ortho intramolecular Hbond substituents is 1. The van der Waals surface area contributed by atoms with E-state index in [4.69, 9.17) is 12.5 Å². The van der Waals surface area contributed by atoms with E-state index in [1.165, 1.54) is 18.2 Å². The average Bonchev–Trinajstić information content (AvgIpc) is 0.758. The Hall–Kier alpha value is -7.17. The molecule has 0 fully saturated rings. The van der Waals surface area contributed by atoms with Gasteiger partial charge in [0.25, 0.3) is 0 Å². The molecule has 0 aliphatic carbocycles. The molecule has 1 heterocycles. The van der Waals surface area contributed by atoms with E-state index in [0.717, 1.165) is 86.4 Å². The van der Waals surface area contributed by atoms with Crippen LogP contribution < -0.4 is 27.2 Å². The Kier molecular flexibility index (Phi) is 18.7. The Bertz CT molecular complexity index is 4900. The third-order valence-electron chi connectivity index (χ3n) is 16.9. The predicted molar refractivity (Wildman–Crippen MR) is 397 cm³/mol. The van der Waals surface area contributed by atoms with Gasteiger partial charge in [0.2, 0.25) is 0 Å². The lowest BCUT2D eigenvalue weighted by Crippen LogP contribution is -2.16. The first kappa shape index (κ1) is 70.2. The number of hydrogen-bond donors (Lipinski definition) is 1. The molecule has 0 amide bonds. The molecule has 11 rings (SSSR count). The molecule has 20 heteroatoms. The van der Waals surface area contributed by atoms with Crippen LogP contribution in [0.1, 0.15) is 105 Å². The molecule has 0 atom stereocenters. The number of rotatable bonds is 12. The molecule has 1 aliphatic rings. The second kappa shape index (κ2) is 25.6. The highest BCUT2D eigenvalue weighted by Gasteiger charge is 2.36. The van der Waals surface area contributed by atoms with Crippen LogP contribution >= 0.6 is 47.0 Å². The molecule has 0 saturated heterocycles. The summed E-state index contributed by atoms with van der Waals surface area (Å²) < 4.78 is 115. The largest absolute Gasteiger partial charge is 0.506 e. The van der Waals surface area contributed by atoms with Gasteiger partial charge < -0.3 is 32.4 Å². The minimum Gasteiger partial charge on any atom is -0.506 e. The molecule has 502 valence electrons. The molecule has 0 spiro atoms. The summed E-state index contributed by atoms with van der Waals surface area (Å²) >= 11 is 4.39. The van der Waals surface area contributed by atoms with Gasteiger partial charge >= 0.3 is 30.4 Å². The van der Waals surface area contributed by atoms with Gasteiger partial charge in [-0.3, -0.25) is 0 Å².